The van der Waals surface area contributed by atoms with E-state index in [1.165, 1.54) is 12.8 Å². The van der Waals surface area contributed by atoms with Gasteiger partial charge in [0.25, 0.3) is 5.91 Å². The molecule has 2 fully saturated rings. The van der Waals surface area contributed by atoms with E-state index in [9.17, 15) is 13.2 Å². The number of likely N-dealkylation sites (N-methyl/N-ethyl adjacent to an activating group) is 1. The summed E-state index contributed by atoms with van der Waals surface area (Å²) in [6.07, 6.45) is 5.13. The zero-order chi connectivity index (χ0) is 20.2. The highest BCUT2D eigenvalue weighted by Crippen LogP contribution is 2.37. The predicted molar refractivity (Wildman–Crippen MR) is 112 cm³/mol. The topological polar surface area (TPSA) is 60.9 Å². The van der Waals surface area contributed by atoms with Crippen LogP contribution in [0.2, 0.25) is 0 Å². The Morgan fingerprint density at radius 2 is 1.68 bits per heavy atom. The second-order valence-corrected chi connectivity index (χ2v) is 10.2. The summed E-state index contributed by atoms with van der Waals surface area (Å²) in [5.41, 5.74) is 0.688. The van der Waals surface area contributed by atoms with Crippen molar-refractivity contribution in [2.24, 2.45) is 0 Å². The molecule has 1 aliphatic carbocycles. The molecule has 1 aliphatic heterocycles. The van der Waals surface area contributed by atoms with Gasteiger partial charge in [0.05, 0.1) is 5.75 Å². The SMILES string of the molecule is CCCS(=O)(=O)N1CCN(C2(CN(C)C(=O)c3ccccc3)CCCC2)CC1. The predicted octanol–water partition coefficient (Wildman–Crippen LogP) is 2.43. The van der Waals surface area contributed by atoms with Crippen molar-refractivity contribution in [3.63, 3.8) is 0 Å². The molecule has 0 N–H and O–H groups in total. The molecule has 3 rings (SSSR count). The maximum absolute atomic E-state index is 12.8. The Bertz CT molecular complexity index is 752. The highest BCUT2D eigenvalue weighted by Gasteiger charge is 2.43. The van der Waals surface area contributed by atoms with Gasteiger partial charge in [0.15, 0.2) is 0 Å². The van der Waals surface area contributed by atoms with Gasteiger partial charge in [-0.1, -0.05) is 38.0 Å². The van der Waals surface area contributed by atoms with Crippen molar-refractivity contribution >= 4 is 15.9 Å². The lowest BCUT2D eigenvalue weighted by molar-refractivity contribution is 0.0295. The lowest BCUT2D eigenvalue weighted by Gasteiger charge is -2.47. The van der Waals surface area contributed by atoms with Crippen LogP contribution < -0.4 is 0 Å². The largest absolute Gasteiger partial charge is 0.340 e. The molecule has 0 spiro atoms. The monoisotopic (exact) mass is 407 g/mol. The van der Waals surface area contributed by atoms with Gasteiger partial charge in [-0.15, -0.1) is 0 Å². The van der Waals surface area contributed by atoms with Crippen LogP contribution in [-0.2, 0) is 10.0 Å². The first-order valence-corrected chi connectivity index (χ1v) is 12.0. The molecule has 1 heterocycles. The molecule has 1 amide bonds. The Morgan fingerprint density at radius 3 is 2.25 bits per heavy atom. The highest BCUT2D eigenvalue weighted by atomic mass is 32.2. The van der Waals surface area contributed by atoms with Crippen molar-refractivity contribution in [3.05, 3.63) is 35.9 Å². The minimum atomic E-state index is -3.13. The van der Waals surface area contributed by atoms with Crippen LogP contribution in [0.15, 0.2) is 30.3 Å². The molecular weight excluding hydrogens is 374 g/mol. The summed E-state index contributed by atoms with van der Waals surface area (Å²) in [4.78, 5) is 17.1. The Labute approximate surface area is 169 Å². The first-order valence-electron chi connectivity index (χ1n) is 10.4. The fraction of sp³-hybridized carbons (Fsp3) is 0.667. The minimum absolute atomic E-state index is 0.0280. The van der Waals surface area contributed by atoms with Gasteiger partial charge in [-0.3, -0.25) is 9.69 Å². The van der Waals surface area contributed by atoms with Crippen molar-refractivity contribution in [1.82, 2.24) is 14.1 Å². The smallest absolute Gasteiger partial charge is 0.253 e. The first kappa shape index (κ1) is 21.3. The van der Waals surface area contributed by atoms with Crippen molar-refractivity contribution in [2.75, 3.05) is 45.5 Å². The number of amides is 1. The second-order valence-electron chi connectivity index (χ2n) is 8.16. The number of piperazine rings is 1. The van der Waals surface area contributed by atoms with E-state index in [0.717, 1.165) is 25.9 Å². The average Bonchev–Trinajstić information content (AvgIpc) is 3.18. The Kier molecular flexibility index (Phi) is 6.78. The maximum Gasteiger partial charge on any atom is 0.253 e. The highest BCUT2D eigenvalue weighted by molar-refractivity contribution is 7.89. The lowest BCUT2D eigenvalue weighted by Crippen LogP contribution is -2.60. The molecule has 28 heavy (non-hydrogen) atoms. The molecule has 1 aromatic rings. The van der Waals surface area contributed by atoms with E-state index in [-0.39, 0.29) is 17.2 Å². The van der Waals surface area contributed by atoms with Crippen LogP contribution in [0, 0.1) is 0 Å². The summed E-state index contributed by atoms with van der Waals surface area (Å²) in [7, 11) is -1.24. The summed E-state index contributed by atoms with van der Waals surface area (Å²) in [5.74, 6) is 0.281. The summed E-state index contributed by atoms with van der Waals surface area (Å²) in [6.45, 7) is 5.21. The summed E-state index contributed by atoms with van der Waals surface area (Å²) in [6, 6.07) is 9.42. The standard InChI is InChI=1S/C21H33N3O3S/c1-3-17-28(26,27)24-15-13-23(14-16-24)21(11-7-8-12-21)18-22(2)20(25)19-9-5-4-6-10-19/h4-6,9-10H,3,7-8,11-18H2,1-2H3. The van der Waals surface area contributed by atoms with Gasteiger partial charge in [-0.2, -0.15) is 4.31 Å². The molecule has 0 aromatic heterocycles. The van der Waals surface area contributed by atoms with Gasteiger partial charge >= 0.3 is 0 Å². The molecule has 0 atom stereocenters. The Morgan fingerprint density at radius 1 is 1.07 bits per heavy atom. The van der Waals surface area contributed by atoms with Gasteiger partial charge < -0.3 is 4.90 Å². The Balaban J connectivity index is 1.67. The number of nitrogens with zero attached hydrogens (tertiary/aromatic N) is 3. The van der Waals surface area contributed by atoms with Crippen molar-refractivity contribution in [1.29, 1.82) is 0 Å². The van der Waals surface area contributed by atoms with E-state index in [1.807, 2.05) is 49.2 Å². The Hall–Kier alpha value is -1.44. The normalized spacial score (nSPS) is 20.9. The molecule has 156 valence electrons. The third-order valence-electron chi connectivity index (χ3n) is 6.20. The molecule has 1 saturated carbocycles. The van der Waals surface area contributed by atoms with Gasteiger partial charge in [0, 0.05) is 50.9 Å². The van der Waals surface area contributed by atoms with Gasteiger partial charge in [-0.25, -0.2) is 8.42 Å². The van der Waals surface area contributed by atoms with E-state index in [2.05, 4.69) is 4.90 Å². The molecule has 1 saturated heterocycles. The van der Waals surface area contributed by atoms with E-state index in [4.69, 9.17) is 0 Å². The molecule has 0 bridgehead atoms. The van der Waals surface area contributed by atoms with Crippen LogP contribution in [0.4, 0.5) is 0 Å². The van der Waals surface area contributed by atoms with Crippen LogP contribution in [0.1, 0.15) is 49.4 Å². The third kappa shape index (κ3) is 4.58. The number of sulfonamides is 1. The fourth-order valence-corrected chi connectivity index (χ4v) is 6.24. The van der Waals surface area contributed by atoms with E-state index in [1.54, 1.807) is 4.31 Å². The lowest BCUT2D eigenvalue weighted by atomic mass is 9.93. The minimum Gasteiger partial charge on any atom is -0.340 e. The van der Waals surface area contributed by atoms with Crippen molar-refractivity contribution in [3.8, 4) is 0 Å². The number of benzene rings is 1. The quantitative estimate of drug-likeness (QED) is 0.697. The van der Waals surface area contributed by atoms with Gasteiger partial charge in [0.2, 0.25) is 10.0 Å². The average molecular weight is 408 g/mol. The molecule has 0 unspecified atom stereocenters. The zero-order valence-corrected chi connectivity index (χ0v) is 18.0. The van der Waals surface area contributed by atoms with Crippen molar-refractivity contribution < 1.29 is 13.2 Å². The van der Waals surface area contributed by atoms with Crippen molar-refractivity contribution in [2.45, 2.75) is 44.6 Å². The number of rotatable bonds is 7. The second kappa shape index (κ2) is 8.93. The van der Waals surface area contributed by atoms with Crippen LogP contribution in [-0.4, -0.2) is 79.5 Å². The molecule has 7 heteroatoms. The molecular formula is C21H33N3O3S. The van der Waals surface area contributed by atoms with E-state index in [0.29, 0.717) is 31.6 Å². The van der Waals surface area contributed by atoms with Crippen LogP contribution in [0.3, 0.4) is 0 Å². The molecule has 1 aromatic carbocycles. The van der Waals surface area contributed by atoms with Crippen LogP contribution >= 0.6 is 0 Å². The van der Waals surface area contributed by atoms with Crippen LogP contribution in [0.25, 0.3) is 0 Å². The molecule has 6 nitrogen and oxygen atoms in total. The third-order valence-corrected chi connectivity index (χ3v) is 8.27. The van der Waals surface area contributed by atoms with Gasteiger partial charge in [-0.05, 0) is 31.4 Å². The zero-order valence-electron chi connectivity index (χ0n) is 17.1. The maximum atomic E-state index is 12.8. The number of carbonyl (C=O) groups excluding carboxylic acids is 1. The first-order chi connectivity index (χ1) is 13.4. The van der Waals surface area contributed by atoms with E-state index < -0.39 is 10.0 Å². The number of carbonyl (C=O) groups is 1. The fourth-order valence-electron chi connectivity index (χ4n) is 4.75. The number of hydrogen-bond donors (Lipinski definition) is 0. The number of hydrogen-bond acceptors (Lipinski definition) is 4. The summed E-state index contributed by atoms with van der Waals surface area (Å²) in [5, 5.41) is 0. The summed E-state index contributed by atoms with van der Waals surface area (Å²) < 4.78 is 26.4. The van der Waals surface area contributed by atoms with Crippen LogP contribution in [0.5, 0.6) is 0 Å². The molecule has 2 aliphatic rings. The summed E-state index contributed by atoms with van der Waals surface area (Å²) >= 11 is 0. The molecule has 0 radical (unpaired) electrons. The van der Waals surface area contributed by atoms with E-state index >= 15 is 0 Å². The van der Waals surface area contributed by atoms with Gasteiger partial charge in [0.1, 0.15) is 0 Å².